The van der Waals surface area contributed by atoms with Crippen molar-refractivity contribution in [1.29, 1.82) is 0 Å². The third-order valence-electron chi connectivity index (χ3n) is 2.77. The summed E-state index contributed by atoms with van der Waals surface area (Å²) < 4.78 is 0. The highest BCUT2D eigenvalue weighted by Gasteiger charge is 2.50. The second-order valence-corrected chi connectivity index (χ2v) is 6.23. The largest absolute Gasteiger partial charge is 0.498 e. The molecule has 0 aromatic carbocycles. The van der Waals surface area contributed by atoms with Gasteiger partial charge in [0, 0.05) is 5.04 Å². The minimum Gasteiger partial charge on any atom is -0.390 e. The molecule has 0 aromatic heterocycles. The van der Waals surface area contributed by atoms with Crippen LogP contribution in [0.25, 0.3) is 0 Å². The van der Waals surface area contributed by atoms with Gasteiger partial charge in [-0.15, -0.1) is 0 Å². The lowest BCUT2D eigenvalue weighted by Crippen LogP contribution is -2.48. The predicted octanol–water partition coefficient (Wildman–Crippen LogP) is 0.627. The Hall–Kier alpha value is 0.0969. The Morgan fingerprint density at radius 2 is 1.45 bits per heavy atom. The minimum absolute atomic E-state index is 0.578. The molecule has 0 saturated heterocycles. The van der Waals surface area contributed by atoms with E-state index in [2.05, 4.69) is 0 Å². The van der Waals surface area contributed by atoms with Gasteiger partial charge in [0.25, 0.3) is 0 Å². The van der Waals surface area contributed by atoms with Crippen LogP contribution in [-0.2, 0) is 0 Å². The van der Waals surface area contributed by atoms with Gasteiger partial charge in [-0.05, 0) is 12.8 Å². The molecular weight excluding hydrogens is 160 g/mol. The summed E-state index contributed by atoms with van der Waals surface area (Å²) in [6, 6.07) is 0. The molecule has 0 heterocycles. The predicted molar refractivity (Wildman–Crippen MR) is 43.9 cm³/mol. The Morgan fingerprint density at radius 1 is 1.00 bits per heavy atom. The second-order valence-electron chi connectivity index (χ2n) is 3.76. The van der Waals surface area contributed by atoms with E-state index in [-0.39, 0.29) is 0 Å². The van der Waals surface area contributed by atoms with Crippen molar-refractivity contribution in [2.24, 2.45) is 0 Å². The van der Waals surface area contributed by atoms with Gasteiger partial charge in [-0.25, -0.2) is 0 Å². The monoisotopic (exact) mass is 176 g/mol. The molecule has 4 heteroatoms. The van der Waals surface area contributed by atoms with Crippen molar-refractivity contribution < 1.29 is 14.4 Å². The zero-order chi connectivity index (χ0) is 8.54. The van der Waals surface area contributed by atoms with E-state index >= 15 is 0 Å². The van der Waals surface area contributed by atoms with Crippen LogP contribution in [0.15, 0.2) is 0 Å². The molecule has 11 heavy (non-hydrogen) atoms. The van der Waals surface area contributed by atoms with Gasteiger partial charge in [0.2, 0.25) is 0 Å². The van der Waals surface area contributed by atoms with Crippen molar-refractivity contribution >= 4 is 8.80 Å². The lowest BCUT2D eigenvalue weighted by molar-refractivity contribution is 0.159. The summed E-state index contributed by atoms with van der Waals surface area (Å²) in [5, 5.41) is -0.578. The molecule has 0 aliphatic heterocycles. The lowest BCUT2D eigenvalue weighted by atomic mass is 9.90. The molecule has 1 saturated carbocycles. The first-order valence-electron chi connectivity index (χ1n) is 4.13. The zero-order valence-electron chi connectivity index (χ0n) is 6.88. The summed E-state index contributed by atoms with van der Waals surface area (Å²) in [5.74, 6) is 0. The minimum atomic E-state index is -3.88. The lowest BCUT2D eigenvalue weighted by Gasteiger charge is -2.36. The van der Waals surface area contributed by atoms with Crippen LogP contribution in [0.5, 0.6) is 0 Å². The third kappa shape index (κ3) is 1.82. The maximum Gasteiger partial charge on any atom is 0.498 e. The van der Waals surface area contributed by atoms with Crippen LogP contribution >= 0.6 is 0 Å². The third-order valence-corrected chi connectivity index (χ3v) is 4.89. The van der Waals surface area contributed by atoms with Crippen LogP contribution in [0.4, 0.5) is 0 Å². The quantitative estimate of drug-likeness (QED) is 0.513. The van der Waals surface area contributed by atoms with Crippen molar-refractivity contribution in [3.8, 4) is 0 Å². The average Bonchev–Trinajstić information content (AvgIpc) is 1.87. The number of rotatable bonds is 1. The van der Waals surface area contributed by atoms with Gasteiger partial charge in [0.05, 0.1) is 0 Å². The van der Waals surface area contributed by atoms with Gasteiger partial charge in [0.1, 0.15) is 0 Å². The Bertz CT molecular complexity index is 135. The van der Waals surface area contributed by atoms with E-state index < -0.39 is 13.8 Å². The highest BCUT2D eigenvalue weighted by molar-refractivity contribution is 6.59. The first kappa shape index (κ1) is 9.19. The summed E-state index contributed by atoms with van der Waals surface area (Å²) in [6.45, 7) is 1.78. The van der Waals surface area contributed by atoms with Crippen molar-refractivity contribution in [3.05, 3.63) is 0 Å². The van der Waals surface area contributed by atoms with Gasteiger partial charge in [-0.1, -0.05) is 26.2 Å². The molecule has 0 atom stereocenters. The van der Waals surface area contributed by atoms with Gasteiger partial charge in [-0.2, -0.15) is 0 Å². The Balaban J connectivity index is 2.64. The first-order valence-corrected chi connectivity index (χ1v) is 5.97. The van der Waals surface area contributed by atoms with E-state index in [0.29, 0.717) is 0 Å². The van der Waals surface area contributed by atoms with E-state index in [1.54, 1.807) is 6.92 Å². The van der Waals surface area contributed by atoms with Gasteiger partial charge < -0.3 is 14.4 Å². The van der Waals surface area contributed by atoms with Crippen LogP contribution < -0.4 is 0 Å². The number of hydrogen-bond acceptors (Lipinski definition) is 3. The molecular formula is C7H16O3Si. The SMILES string of the molecule is CC1([Si](O)(O)O)CCCCC1. The first-order chi connectivity index (χ1) is 4.96. The van der Waals surface area contributed by atoms with E-state index in [4.69, 9.17) is 14.4 Å². The topological polar surface area (TPSA) is 60.7 Å². The summed E-state index contributed by atoms with van der Waals surface area (Å²) in [5.41, 5.74) is 0. The maximum absolute atomic E-state index is 9.15. The summed E-state index contributed by atoms with van der Waals surface area (Å²) >= 11 is 0. The molecule has 0 unspecified atom stereocenters. The Labute approximate surface area is 68.1 Å². The molecule has 1 rings (SSSR count). The molecule has 3 N–H and O–H groups in total. The Kier molecular flexibility index (Phi) is 2.39. The van der Waals surface area contributed by atoms with Crippen LogP contribution in [-0.4, -0.2) is 23.2 Å². The zero-order valence-corrected chi connectivity index (χ0v) is 7.88. The second kappa shape index (κ2) is 2.86. The molecule has 1 aliphatic carbocycles. The van der Waals surface area contributed by atoms with Crippen LogP contribution in [0.2, 0.25) is 5.04 Å². The van der Waals surface area contributed by atoms with Crippen LogP contribution in [0.3, 0.4) is 0 Å². The molecule has 0 radical (unpaired) electrons. The van der Waals surface area contributed by atoms with E-state index in [1.807, 2.05) is 0 Å². The molecule has 0 aromatic rings. The molecule has 3 nitrogen and oxygen atoms in total. The van der Waals surface area contributed by atoms with Crippen molar-refractivity contribution in [2.45, 2.75) is 44.1 Å². The summed E-state index contributed by atoms with van der Waals surface area (Å²) in [4.78, 5) is 27.5. The van der Waals surface area contributed by atoms with Gasteiger partial charge >= 0.3 is 8.80 Å². The highest BCUT2D eigenvalue weighted by atomic mass is 28.4. The Morgan fingerprint density at radius 3 is 1.73 bits per heavy atom. The summed E-state index contributed by atoms with van der Waals surface area (Å²) in [7, 11) is -3.88. The molecule has 1 fully saturated rings. The highest BCUT2D eigenvalue weighted by Crippen LogP contribution is 2.46. The van der Waals surface area contributed by atoms with E-state index in [1.165, 1.54) is 0 Å². The number of hydrogen-bond donors (Lipinski definition) is 3. The molecule has 0 amide bonds. The summed E-state index contributed by atoms with van der Waals surface area (Å²) in [6.07, 6.45) is 4.67. The molecule has 66 valence electrons. The maximum atomic E-state index is 9.15. The molecule has 0 bridgehead atoms. The van der Waals surface area contributed by atoms with Crippen molar-refractivity contribution in [1.82, 2.24) is 0 Å². The van der Waals surface area contributed by atoms with Crippen LogP contribution in [0.1, 0.15) is 39.0 Å². The normalized spacial score (nSPS) is 25.1. The average molecular weight is 176 g/mol. The fourth-order valence-corrected chi connectivity index (χ4v) is 2.69. The molecule has 0 spiro atoms. The van der Waals surface area contributed by atoms with Gasteiger partial charge in [-0.3, -0.25) is 0 Å². The van der Waals surface area contributed by atoms with Gasteiger partial charge in [0.15, 0.2) is 0 Å². The van der Waals surface area contributed by atoms with E-state index in [9.17, 15) is 0 Å². The van der Waals surface area contributed by atoms with Crippen molar-refractivity contribution in [3.63, 3.8) is 0 Å². The fraction of sp³-hybridized carbons (Fsp3) is 1.00. The smallest absolute Gasteiger partial charge is 0.390 e. The standard InChI is InChI=1S/C7H16O3Si/c1-7(11(8,9)10)5-3-2-4-6-7/h8-10H,2-6H2,1H3. The van der Waals surface area contributed by atoms with Crippen molar-refractivity contribution in [2.75, 3.05) is 0 Å². The molecule has 1 aliphatic rings. The van der Waals surface area contributed by atoms with E-state index in [0.717, 1.165) is 32.1 Å². The fourth-order valence-electron chi connectivity index (χ4n) is 1.67. The van der Waals surface area contributed by atoms with Crippen LogP contribution in [0, 0.1) is 0 Å².